The number of nitrogens with zero attached hydrogens (tertiary/aromatic N) is 2. The Labute approximate surface area is 175 Å². The third kappa shape index (κ3) is 4.84. The van der Waals surface area contributed by atoms with Crippen molar-refractivity contribution in [3.8, 4) is 0 Å². The van der Waals surface area contributed by atoms with Crippen molar-refractivity contribution in [2.45, 2.75) is 24.8 Å². The van der Waals surface area contributed by atoms with Gasteiger partial charge in [0.1, 0.15) is 0 Å². The van der Waals surface area contributed by atoms with Crippen LogP contribution in [0.1, 0.15) is 12.5 Å². The van der Waals surface area contributed by atoms with Gasteiger partial charge in [-0.15, -0.1) is 0 Å². The molecule has 0 unspecified atom stereocenters. The van der Waals surface area contributed by atoms with E-state index in [-0.39, 0.29) is 16.5 Å². The Morgan fingerprint density at radius 1 is 1.17 bits per heavy atom. The number of hydrogen-bond donors (Lipinski definition) is 2. The fourth-order valence-corrected chi connectivity index (χ4v) is 4.88. The molecular weight excluding hydrogens is 408 g/mol. The molecule has 0 aromatic heterocycles. The van der Waals surface area contributed by atoms with E-state index in [0.29, 0.717) is 31.9 Å². The summed E-state index contributed by atoms with van der Waals surface area (Å²) in [6.45, 7) is 5.30. The van der Waals surface area contributed by atoms with Crippen LogP contribution in [0.3, 0.4) is 0 Å². The van der Waals surface area contributed by atoms with Gasteiger partial charge in [-0.25, -0.2) is 8.42 Å². The lowest BCUT2D eigenvalue weighted by Crippen LogP contribution is -3.19. The van der Waals surface area contributed by atoms with Crippen LogP contribution >= 0.6 is 0 Å². The minimum absolute atomic E-state index is 0.0947. The van der Waals surface area contributed by atoms with Crippen molar-refractivity contribution in [1.82, 2.24) is 4.31 Å². The summed E-state index contributed by atoms with van der Waals surface area (Å²) in [5.41, 5.74) is 1.26. The van der Waals surface area contributed by atoms with E-state index < -0.39 is 21.0 Å². The summed E-state index contributed by atoms with van der Waals surface area (Å²) in [6.07, 6.45) is 0. The number of nitro benzene ring substituents is 1. The molecule has 0 aliphatic carbocycles. The first-order valence-electron chi connectivity index (χ1n) is 9.65. The molecule has 1 fully saturated rings. The van der Waals surface area contributed by atoms with E-state index in [1.807, 2.05) is 6.92 Å². The maximum Gasteiger partial charge on any atom is 0.282 e. The smallest absolute Gasteiger partial charge is 0.282 e. The van der Waals surface area contributed by atoms with E-state index in [1.165, 1.54) is 22.5 Å². The van der Waals surface area contributed by atoms with Gasteiger partial charge in [0.25, 0.3) is 11.6 Å². The summed E-state index contributed by atoms with van der Waals surface area (Å²) in [6, 6.07) is 12.1. The highest BCUT2D eigenvalue weighted by molar-refractivity contribution is 7.89. The molecule has 1 aliphatic heterocycles. The van der Waals surface area contributed by atoms with E-state index in [1.54, 1.807) is 37.3 Å². The highest BCUT2D eigenvalue weighted by Gasteiger charge is 2.34. The maximum atomic E-state index is 12.8. The second-order valence-electron chi connectivity index (χ2n) is 7.39. The van der Waals surface area contributed by atoms with Gasteiger partial charge in [0.15, 0.2) is 6.04 Å². The van der Waals surface area contributed by atoms with Crippen molar-refractivity contribution < 1.29 is 23.0 Å². The number of non-ortho nitro benzene ring substituents is 1. The van der Waals surface area contributed by atoms with Crippen molar-refractivity contribution >= 4 is 27.3 Å². The maximum absolute atomic E-state index is 12.8. The third-order valence-corrected chi connectivity index (χ3v) is 7.27. The van der Waals surface area contributed by atoms with E-state index >= 15 is 0 Å². The van der Waals surface area contributed by atoms with Crippen LogP contribution in [0.25, 0.3) is 0 Å². The zero-order valence-electron chi connectivity index (χ0n) is 16.9. The fourth-order valence-electron chi connectivity index (χ4n) is 3.44. The predicted molar refractivity (Wildman–Crippen MR) is 112 cm³/mol. The number of amides is 1. The molecule has 0 bridgehead atoms. The molecule has 0 saturated carbocycles. The van der Waals surface area contributed by atoms with Gasteiger partial charge in [-0.2, -0.15) is 4.31 Å². The molecule has 9 nitrogen and oxygen atoms in total. The first-order valence-corrected chi connectivity index (χ1v) is 11.1. The Balaban J connectivity index is 1.60. The normalized spacial score (nSPS) is 16.7. The largest absolute Gasteiger partial charge is 0.323 e. The van der Waals surface area contributed by atoms with Gasteiger partial charge < -0.3 is 10.2 Å². The van der Waals surface area contributed by atoms with Crippen LogP contribution in [-0.4, -0.2) is 55.8 Å². The molecule has 3 rings (SSSR count). The molecule has 2 aromatic carbocycles. The zero-order chi connectivity index (χ0) is 21.9. The molecule has 30 heavy (non-hydrogen) atoms. The second kappa shape index (κ2) is 8.90. The number of quaternary nitrogens is 1. The topological polar surface area (TPSA) is 114 Å². The molecule has 2 aromatic rings. The predicted octanol–water partition coefficient (Wildman–Crippen LogP) is 0.820. The van der Waals surface area contributed by atoms with Gasteiger partial charge in [0.2, 0.25) is 10.0 Å². The SMILES string of the molecule is Cc1ccc(S(=O)(=O)N2CC[NH+]([C@H](C)C(=O)Nc3cccc([N+](=O)[O-])c3)CC2)cc1. The van der Waals surface area contributed by atoms with Crippen molar-refractivity contribution in [3.63, 3.8) is 0 Å². The van der Waals surface area contributed by atoms with Crippen LogP contribution in [0.4, 0.5) is 11.4 Å². The van der Waals surface area contributed by atoms with Gasteiger partial charge in [-0.1, -0.05) is 23.8 Å². The number of aryl methyl sites for hydroxylation is 1. The summed E-state index contributed by atoms with van der Waals surface area (Å²) in [5.74, 6) is -0.264. The van der Waals surface area contributed by atoms with Crippen LogP contribution in [0.15, 0.2) is 53.4 Å². The Morgan fingerprint density at radius 2 is 1.80 bits per heavy atom. The fraction of sp³-hybridized carbons (Fsp3) is 0.350. The van der Waals surface area contributed by atoms with Gasteiger partial charge in [0.05, 0.1) is 36.0 Å². The van der Waals surface area contributed by atoms with Crippen molar-refractivity contribution in [2.75, 3.05) is 31.5 Å². The zero-order valence-corrected chi connectivity index (χ0v) is 17.7. The number of carbonyl (C=O) groups is 1. The average Bonchev–Trinajstić information content (AvgIpc) is 2.73. The lowest BCUT2D eigenvalue weighted by atomic mass is 10.2. The number of nitrogens with one attached hydrogen (secondary N) is 2. The lowest BCUT2D eigenvalue weighted by Gasteiger charge is -2.34. The number of benzene rings is 2. The van der Waals surface area contributed by atoms with Crippen molar-refractivity contribution in [3.05, 3.63) is 64.2 Å². The molecule has 10 heteroatoms. The van der Waals surface area contributed by atoms with E-state index in [9.17, 15) is 23.3 Å². The number of anilines is 1. The van der Waals surface area contributed by atoms with E-state index in [2.05, 4.69) is 5.32 Å². The van der Waals surface area contributed by atoms with Crippen molar-refractivity contribution in [2.24, 2.45) is 0 Å². The van der Waals surface area contributed by atoms with Crippen LogP contribution in [-0.2, 0) is 14.8 Å². The number of sulfonamides is 1. The Kier molecular flexibility index (Phi) is 6.49. The monoisotopic (exact) mass is 433 g/mol. The van der Waals surface area contributed by atoms with Gasteiger partial charge >= 0.3 is 0 Å². The van der Waals surface area contributed by atoms with Crippen LogP contribution in [0.5, 0.6) is 0 Å². The van der Waals surface area contributed by atoms with Crippen LogP contribution in [0.2, 0.25) is 0 Å². The standard InChI is InChI=1S/C20H24N4O5S/c1-15-6-8-19(9-7-15)30(28,29)23-12-10-22(11-13-23)16(2)20(25)21-17-4-3-5-18(14-17)24(26)27/h3-9,14,16H,10-13H2,1-2H3,(H,21,25)/p+1/t16-/m1/s1. The minimum atomic E-state index is -3.55. The highest BCUT2D eigenvalue weighted by Crippen LogP contribution is 2.18. The van der Waals surface area contributed by atoms with E-state index in [4.69, 9.17) is 0 Å². The Hall–Kier alpha value is -2.82. The third-order valence-electron chi connectivity index (χ3n) is 5.35. The van der Waals surface area contributed by atoms with Gasteiger partial charge in [-0.05, 0) is 32.0 Å². The Morgan fingerprint density at radius 3 is 2.40 bits per heavy atom. The van der Waals surface area contributed by atoms with Gasteiger partial charge in [0, 0.05) is 17.8 Å². The molecule has 1 heterocycles. The lowest BCUT2D eigenvalue weighted by molar-refractivity contribution is -0.917. The van der Waals surface area contributed by atoms with Crippen molar-refractivity contribution in [1.29, 1.82) is 0 Å². The summed E-state index contributed by atoms with van der Waals surface area (Å²) in [5, 5.41) is 13.6. The minimum Gasteiger partial charge on any atom is -0.323 e. The average molecular weight is 434 g/mol. The summed E-state index contributed by atoms with van der Waals surface area (Å²) < 4.78 is 27.1. The summed E-state index contributed by atoms with van der Waals surface area (Å²) in [4.78, 5) is 24.2. The van der Waals surface area contributed by atoms with Crippen LogP contribution < -0.4 is 10.2 Å². The summed E-state index contributed by atoms with van der Waals surface area (Å²) >= 11 is 0. The molecule has 1 amide bonds. The number of carbonyl (C=O) groups excluding carboxylic acids is 1. The number of hydrogen-bond acceptors (Lipinski definition) is 5. The molecular formula is C20H25N4O5S+. The number of piperazine rings is 1. The molecule has 1 atom stereocenters. The molecule has 1 saturated heterocycles. The molecule has 1 aliphatic rings. The highest BCUT2D eigenvalue weighted by atomic mass is 32.2. The Bertz CT molecular complexity index is 1030. The first-order chi connectivity index (χ1) is 14.2. The molecule has 160 valence electrons. The number of rotatable bonds is 6. The van der Waals surface area contributed by atoms with Crippen LogP contribution in [0, 0.1) is 17.0 Å². The molecule has 0 spiro atoms. The molecule has 2 N–H and O–H groups in total. The summed E-state index contributed by atoms with van der Waals surface area (Å²) in [7, 11) is -3.55. The molecule has 0 radical (unpaired) electrons. The van der Waals surface area contributed by atoms with E-state index in [0.717, 1.165) is 10.5 Å². The quantitative estimate of drug-likeness (QED) is 0.517. The van der Waals surface area contributed by atoms with Gasteiger partial charge in [-0.3, -0.25) is 14.9 Å². The second-order valence-corrected chi connectivity index (χ2v) is 9.33. The first kappa shape index (κ1) is 21.9. The number of nitro groups is 1.